The van der Waals surface area contributed by atoms with Crippen LogP contribution < -0.4 is 0 Å². The fourth-order valence-corrected chi connectivity index (χ4v) is 5.73. The van der Waals surface area contributed by atoms with Gasteiger partial charge in [0.25, 0.3) is 17.7 Å². The molecule has 2 aromatic rings. The van der Waals surface area contributed by atoms with E-state index in [9.17, 15) is 22.8 Å². The Balaban J connectivity index is 1.60. The third kappa shape index (κ3) is 3.65. The smallest absolute Gasteiger partial charge is 0.261 e. The summed E-state index contributed by atoms with van der Waals surface area (Å²) in [6.45, 7) is 2.36. The number of hydrogen-bond acceptors (Lipinski definition) is 6. The monoisotopic (exact) mass is 430 g/mol. The van der Waals surface area contributed by atoms with Crippen molar-refractivity contribution in [1.29, 1.82) is 0 Å². The molecule has 0 radical (unpaired) electrons. The Bertz CT molecular complexity index is 1110. The maximum absolute atomic E-state index is 13.2. The lowest BCUT2D eigenvalue weighted by molar-refractivity contribution is 0.0630. The summed E-state index contributed by atoms with van der Waals surface area (Å²) in [4.78, 5) is 41.3. The maximum Gasteiger partial charge on any atom is 0.261 e. The standard InChI is InChI=1S/C21H22N2O6S/c1-2-8-22(15-7-10-30(27,28)13-15)19(24)14-5-6-17-18(11-14)21(26)23(20(17)25)12-16-4-3-9-29-16/h3-6,9,11,15H,2,7-8,10,12-13H2,1H3. The minimum atomic E-state index is -3.14. The molecule has 1 aromatic carbocycles. The summed E-state index contributed by atoms with van der Waals surface area (Å²) in [6, 6.07) is 7.43. The van der Waals surface area contributed by atoms with Crippen LogP contribution in [0.2, 0.25) is 0 Å². The van der Waals surface area contributed by atoms with Gasteiger partial charge in [0.2, 0.25) is 0 Å². The fourth-order valence-electron chi connectivity index (χ4n) is 4.00. The summed E-state index contributed by atoms with van der Waals surface area (Å²) in [7, 11) is -3.14. The summed E-state index contributed by atoms with van der Waals surface area (Å²) in [5.74, 6) is -0.727. The molecule has 0 aliphatic carbocycles. The second-order valence-electron chi connectivity index (χ2n) is 7.59. The van der Waals surface area contributed by atoms with Crippen molar-refractivity contribution < 1.29 is 27.2 Å². The van der Waals surface area contributed by atoms with Crippen molar-refractivity contribution in [1.82, 2.24) is 9.80 Å². The summed E-state index contributed by atoms with van der Waals surface area (Å²) >= 11 is 0. The van der Waals surface area contributed by atoms with Gasteiger partial charge in [-0.25, -0.2) is 8.42 Å². The zero-order valence-electron chi connectivity index (χ0n) is 16.5. The number of rotatable bonds is 6. The molecule has 158 valence electrons. The Morgan fingerprint density at radius 1 is 1.20 bits per heavy atom. The Morgan fingerprint density at radius 2 is 1.97 bits per heavy atom. The average Bonchev–Trinajstić information content (AvgIpc) is 3.42. The molecule has 8 nitrogen and oxygen atoms in total. The van der Waals surface area contributed by atoms with Gasteiger partial charge in [-0.1, -0.05) is 6.92 Å². The van der Waals surface area contributed by atoms with Crippen LogP contribution in [0.15, 0.2) is 41.0 Å². The number of sulfone groups is 1. The Morgan fingerprint density at radius 3 is 2.60 bits per heavy atom. The maximum atomic E-state index is 13.2. The molecule has 1 aromatic heterocycles. The second kappa shape index (κ2) is 7.71. The normalized spacial score (nSPS) is 19.9. The van der Waals surface area contributed by atoms with E-state index in [4.69, 9.17) is 4.42 Å². The lowest BCUT2D eigenvalue weighted by atomic mass is 10.0. The third-order valence-electron chi connectivity index (χ3n) is 5.49. The second-order valence-corrected chi connectivity index (χ2v) is 9.82. The van der Waals surface area contributed by atoms with Gasteiger partial charge in [0, 0.05) is 18.2 Å². The molecule has 4 rings (SSSR count). The van der Waals surface area contributed by atoms with Gasteiger partial charge in [0.1, 0.15) is 5.76 Å². The van der Waals surface area contributed by atoms with Gasteiger partial charge in [-0.05, 0) is 43.2 Å². The predicted molar refractivity (Wildman–Crippen MR) is 108 cm³/mol. The highest BCUT2D eigenvalue weighted by molar-refractivity contribution is 7.91. The van der Waals surface area contributed by atoms with Crippen molar-refractivity contribution in [3.05, 3.63) is 59.0 Å². The van der Waals surface area contributed by atoms with Crippen LogP contribution in [0, 0.1) is 0 Å². The molecule has 2 aliphatic heterocycles. The lowest BCUT2D eigenvalue weighted by Gasteiger charge is -2.28. The highest BCUT2D eigenvalue weighted by Crippen LogP contribution is 2.27. The van der Waals surface area contributed by atoms with Crippen LogP contribution in [0.3, 0.4) is 0 Å². The van der Waals surface area contributed by atoms with Crippen LogP contribution in [0.25, 0.3) is 0 Å². The molecule has 0 saturated carbocycles. The van der Waals surface area contributed by atoms with E-state index < -0.39 is 21.7 Å². The Kier molecular flexibility index (Phi) is 5.23. The first-order valence-electron chi connectivity index (χ1n) is 9.84. The number of fused-ring (bicyclic) bond motifs is 1. The van der Waals surface area contributed by atoms with E-state index in [1.807, 2.05) is 6.92 Å². The topological polar surface area (TPSA) is 105 Å². The molecule has 30 heavy (non-hydrogen) atoms. The molecule has 1 unspecified atom stereocenters. The largest absolute Gasteiger partial charge is 0.467 e. The summed E-state index contributed by atoms with van der Waals surface area (Å²) in [5, 5.41) is 0. The SMILES string of the molecule is CCCN(C(=O)c1ccc2c(c1)C(=O)N(Cc1ccco1)C2=O)C1CCS(=O)(=O)C1. The molecular formula is C21H22N2O6S. The van der Waals surface area contributed by atoms with Gasteiger partial charge in [-0.15, -0.1) is 0 Å². The Hall–Kier alpha value is -2.94. The number of carbonyl (C=O) groups is 3. The van der Waals surface area contributed by atoms with Crippen LogP contribution in [0.4, 0.5) is 0 Å². The minimum Gasteiger partial charge on any atom is -0.467 e. The van der Waals surface area contributed by atoms with Crippen molar-refractivity contribution in [2.45, 2.75) is 32.4 Å². The molecule has 0 bridgehead atoms. The average molecular weight is 430 g/mol. The van der Waals surface area contributed by atoms with E-state index in [1.54, 1.807) is 17.0 Å². The molecule has 3 heterocycles. The molecular weight excluding hydrogens is 408 g/mol. The first kappa shape index (κ1) is 20.3. The summed E-state index contributed by atoms with van der Waals surface area (Å²) in [5.41, 5.74) is 0.689. The van der Waals surface area contributed by atoms with E-state index in [0.29, 0.717) is 25.1 Å². The third-order valence-corrected chi connectivity index (χ3v) is 7.24. The predicted octanol–water partition coefficient (Wildman–Crippen LogP) is 2.12. The Labute approximate surface area is 174 Å². The number of imide groups is 1. The highest BCUT2D eigenvalue weighted by atomic mass is 32.2. The van der Waals surface area contributed by atoms with Gasteiger partial charge in [0.15, 0.2) is 9.84 Å². The number of nitrogens with zero attached hydrogens (tertiary/aromatic N) is 2. The van der Waals surface area contributed by atoms with Crippen LogP contribution in [0.5, 0.6) is 0 Å². The zero-order valence-corrected chi connectivity index (χ0v) is 17.4. The molecule has 9 heteroatoms. The van der Waals surface area contributed by atoms with Gasteiger partial charge >= 0.3 is 0 Å². The zero-order chi connectivity index (χ0) is 21.5. The van der Waals surface area contributed by atoms with Gasteiger partial charge in [0.05, 0.1) is 35.4 Å². The van der Waals surface area contributed by atoms with Crippen molar-refractivity contribution in [3.63, 3.8) is 0 Å². The summed E-state index contributed by atoms with van der Waals surface area (Å²) < 4.78 is 29.0. The number of furan rings is 1. The van der Waals surface area contributed by atoms with E-state index in [-0.39, 0.29) is 46.7 Å². The van der Waals surface area contributed by atoms with E-state index in [2.05, 4.69) is 0 Å². The van der Waals surface area contributed by atoms with Gasteiger partial charge < -0.3 is 9.32 Å². The van der Waals surface area contributed by atoms with Gasteiger partial charge in [-0.3, -0.25) is 19.3 Å². The van der Waals surface area contributed by atoms with Crippen molar-refractivity contribution in [2.24, 2.45) is 0 Å². The minimum absolute atomic E-state index is 0.0184. The fraction of sp³-hybridized carbons (Fsp3) is 0.381. The molecule has 2 aliphatic rings. The molecule has 3 amide bonds. The van der Waals surface area contributed by atoms with Crippen LogP contribution in [-0.4, -0.2) is 60.0 Å². The quantitative estimate of drug-likeness (QED) is 0.650. The van der Waals surface area contributed by atoms with Crippen LogP contribution in [0.1, 0.15) is 56.6 Å². The first-order valence-corrected chi connectivity index (χ1v) is 11.7. The van der Waals surface area contributed by atoms with Crippen LogP contribution in [-0.2, 0) is 16.4 Å². The molecule has 1 fully saturated rings. The van der Waals surface area contributed by atoms with Crippen molar-refractivity contribution in [2.75, 3.05) is 18.1 Å². The number of carbonyl (C=O) groups excluding carboxylic acids is 3. The molecule has 1 saturated heterocycles. The number of hydrogen-bond donors (Lipinski definition) is 0. The molecule has 0 N–H and O–H groups in total. The first-order chi connectivity index (χ1) is 14.3. The van der Waals surface area contributed by atoms with E-state index in [0.717, 1.165) is 4.90 Å². The van der Waals surface area contributed by atoms with Gasteiger partial charge in [-0.2, -0.15) is 0 Å². The van der Waals surface area contributed by atoms with E-state index >= 15 is 0 Å². The van der Waals surface area contributed by atoms with Crippen molar-refractivity contribution in [3.8, 4) is 0 Å². The highest BCUT2D eigenvalue weighted by Gasteiger charge is 2.38. The van der Waals surface area contributed by atoms with Crippen LogP contribution >= 0.6 is 0 Å². The lowest BCUT2D eigenvalue weighted by Crippen LogP contribution is -2.41. The molecule has 1 atom stereocenters. The number of amides is 3. The van der Waals surface area contributed by atoms with E-state index in [1.165, 1.54) is 24.5 Å². The van der Waals surface area contributed by atoms with Crippen molar-refractivity contribution >= 4 is 27.6 Å². The molecule has 0 spiro atoms. The summed E-state index contributed by atoms with van der Waals surface area (Å²) in [6.07, 6.45) is 2.56. The number of benzene rings is 1.